The molecular weight excluding hydrogens is 278 g/mol. The molecule has 0 aliphatic carbocycles. The summed E-state index contributed by atoms with van der Waals surface area (Å²) in [5.74, 6) is 0. The fourth-order valence-electron chi connectivity index (χ4n) is 0.401. The summed E-state index contributed by atoms with van der Waals surface area (Å²) >= 11 is 0. The van der Waals surface area contributed by atoms with E-state index in [0.717, 1.165) is 0 Å². The van der Waals surface area contributed by atoms with Gasteiger partial charge in [0.05, 0.1) is 0 Å². The normalized spacial score (nSPS) is 28.6. The second-order valence-electron chi connectivity index (χ2n) is 1.55. The predicted octanol–water partition coefficient (Wildman–Crippen LogP) is 0.488. The molecule has 0 spiro atoms. The topological polar surface area (TPSA) is 117 Å². The van der Waals surface area contributed by atoms with Crippen LogP contribution in [0.25, 0.3) is 0 Å². The molecule has 2 heterocycles. The molecule has 2 aliphatic rings. The summed E-state index contributed by atoms with van der Waals surface area (Å²) in [6, 6.07) is 0. The van der Waals surface area contributed by atoms with E-state index in [1.54, 1.807) is 0 Å². The van der Waals surface area contributed by atoms with Crippen LogP contribution in [0.15, 0.2) is 0 Å². The fraction of sp³-hybridized carbons (Fsp3) is 0. The Morgan fingerprint density at radius 1 is 0.714 bits per heavy atom. The van der Waals surface area contributed by atoms with Gasteiger partial charge in [-0.2, -0.15) is 4.31 Å². The molecule has 0 unspecified atom stereocenters. The van der Waals surface area contributed by atoms with Gasteiger partial charge in [0, 0.05) is 37.7 Å². The van der Waals surface area contributed by atoms with Gasteiger partial charge in [0.15, 0.2) is 0 Å². The van der Waals surface area contributed by atoms with Gasteiger partial charge in [-0.05, 0) is 20.2 Å². The minimum absolute atomic E-state index is 0. The average Bonchev–Trinajstić information content (AvgIpc) is 2.60. The van der Waals surface area contributed by atoms with E-state index in [9.17, 15) is 9.13 Å². The van der Waals surface area contributed by atoms with Gasteiger partial charge >= 0.3 is 15.6 Å². The first kappa shape index (κ1) is 13.4. The Hall–Kier alpha value is 1.36. The van der Waals surface area contributed by atoms with E-state index in [1.807, 2.05) is 0 Å². The third kappa shape index (κ3) is 3.17. The Morgan fingerprint density at radius 2 is 1.00 bits per heavy atom. The Bertz CT molecular complexity index is 235. The van der Waals surface area contributed by atoms with Crippen LogP contribution in [0.2, 0.25) is 0 Å². The van der Waals surface area contributed by atoms with Gasteiger partial charge in [-0.15, -0.1) is 0 Å². The first-order chi connectivity index (χ1) is 6.12. The summed E-state index contributed by atoms with van der Waals surface area (Å²) in [6.07, 6.45) is 0. The van der Waals surface area contributed by atoms with Crippen LogP contribution in [0.3, 0.4) is 0 Å². The van der Waals surface area contributed by atoms with E-state index < -0.39 is 15.6 Å². The van der Waals surface area contributed by atoms with Crippen LogP contribution in [0.4, 0.5) is 0 Å². The predicted molar refractivity (Wildman–Crippen MR) is 30.7 cm³/mol. The SMILES string of the molecule is O=P1(OP2(=O)OOOO2)OOOO1.[Ca]. The molecule has 0 amide bonds. The second-order valence-corrected chi connectivity index (χ2v) is 4.58. The third-order valence-electron chi connectivity index (χ3n) is 0.742. The van der Waals surface area contributed by atoms with E-state index in [-0.39, 0.29) is 37.7 Å². The van der Waals surface area contributed by atoms with E-state index in [1.165, 1.54) is 0 Å². The fourth-order valence-corrected chi connectivity index (χ4v) is 2.26. The van der Waals surface area contributed by atoms with Crippen LogP contribution in [0.1, 0.15) is 0 Å². The summed E-state index contributed by atoms with van der Waals surface area (Å²) in [5, 5.41) is 14.4. The van der Waals surface area contributed by atoms with Gasteiger partial charge in [0.1, 0.15) is 0 Å². The van der Waals surface area contributed by atoms with Crippen LogP contribution in [0.5, 0.6) is 0 Å². The smallest absolute Gasteiger partial charge is 0.222 e. The van der Waals surface area contributed by atoms with Gasteiger partial charge in [-0.1, -0.05) is 18.7 Å². The maximum absolute atomic E-state index is 11.0. The summed E-state index contributed by atoms with van der Waals surface area (Å²) in [4.78, 5) is 0. The molecule has 78 valence electrons. The van der Waals surface area contributed by atoms with Crippen LogP contribution < -0.4 is 0 Å². The first-order valence-electron chi connectivity index (χ1n) is 2.46. The van der Waals surface area contributed by atoms with E-state index in [4.69, 9.17) is 0 Å². The molecule has 0 aromatic carbocycles. The Morgan fingerprint density at radius 3 is 1.29 bits per heavy atom. The molecule has 14 heavy (non-hydrogen) atoms. The van der Waals surface area contributed by atoms with Crippen molar-refractivity contribution in [1.29, 1.82) is 0 Å². The molecule has 0 aromatic heterocycles. The molecule has 0 saturated carbocycles. The van der Waals surface area contributed by atoms with Gasteiger partial charge in [0.25, 0.3) is 0 Å². The standard InChI is InChI=1S/Ca.O11P2/c;1-12(7-3-4-8-12)11-13(2)9-5-6-10-13. The zero-order chi connectivity index (χ0) is 9.36. The van der Waals surface area contributed by atoms with Crippen molar-refractivity contribution < 1.29 is 52.3 Å². The molecule has 2 aliphatic heterocycles. The molecule has 0 N–H and O–H groups in total. The van der Waals surface area contributed by atoms with Gasteiger partial charge in [-0.25, -0.2) is 9.13 Å². The Balaban J connectivity index is 0.000000980. The maximum Gasteiger partial charge on any atom is 0.543 e. The minimum Gasteiger partial charge on any atom is -0.222 e. The first-order valence-corrected chi connectivity index (χ1v) is 5.38. The molecule has 2 radical (unpaired) electrons. The molecule has 11 nitrogen and oxygen atoms in total. The van der Waals surface area contributed by atoms with Gasteiger partial charge in [0.2, 0.25) is 0 Å². The van der Waals surface area contributed by atoms with Crippen molar-refractivity contribution in [3.8, 4) is 0 Å². The zero-order valence-electron chi connectivity index (χ0n) is 6.09. The number of hydrogen-bond donors (Lipinski definition) is 0. The quantitative estimate of drug-likeness (QED) is 0.398. The largest absolute Gasteiger partial charge is 0.543 e. The molecule has 0 atom stereocenters. The molecule has 2 saturated heterocycles. The van der Waals surface area contributed by atoms with Crippen molar-refractivity contribution in [3.05, 3.63) is 0 Å². The summed E-state index contributed by atoms with van der Waals surface area (Å²) in [7, 11) is -8.60. The molecule has 2 rings (SSSR count). The van der Waals surface area contributed by atoms with Crippen molar-refractivity contribution in [2.75, 3.05) is 0 Å². The maximum atomic E-state index is 11.0. The zero-order valence-corrected chi connectivity index (χ0v) is 10.1. The van der Waals surface area contributed by atoms with E-state index >= 15 is 0 Å². The minimum atomic E-state index is -4.30. The van der Waals surface area contributed by atoms with Crippen molar-refractivity contribution in [2.45, 2.75) is 0 Å². The molecule has 0 aromatic rings. The van der Waals surface area contributed by atoms with Crippen molar-refractivity contribution in [1.82, 2.24) is 0 Å². The number of rotatable bonds is 2. The van der Waals surface area contributed by atoms with E-state index in [2.05, 4.69) is 43.2 Å². The molecular formula is CaO11P2. The van der Waals surface area contributed by atoms with Crippen LogP contribution in [-0.4, -0.2) is 37.7 Å². The number of phosphoric acid groups is 2. The molecule has 2 fully saturated rings. The third-order valence-corrected chi connectivity index (χ3v) is 3.32. The molecule has 14 heteroatoms. The molecule has 0 bridgehead atoms. The van der Waals surface area contributed by atoms with Crippen LogP contribution in [0, 0.1) is 0 Å². The van der Waals surface area contributed by atoms with Gasteiger partial charge in [-0.3, -0.25) is 0 Å². The Kier molecular flexibility index (Phi) is 4.92. The monoisotopic (exact) mass is 278 g/mol. The van der Waals surface area contributed by atoms with Gasteiger partial charge < -0.3 is 0 Å². The van der Waals surface area contributed by atoms with Crippen molar-refractivity contribution in [3.63, 3.8) is 0 Å². The van der Waals surface area contributed by atoms with E-state index in [0.29, 0.717) is 0 Å². The summed E-state index contributed by atoms with van der Waals surface area (Å²) in [6.45, 7) is 0. The van der Waals surface area contributed by atoms with Crippen molar-refractivity contribution >= 4 is 53.4 Å². The average molecular weight is 278 g/mol. The second kappa shape index (κ2) is 5.13. The summed E-state index contributed by atoms with van der Waals surface area (Å²) in [5.41, 5.74) is 0. The van der Waals surface area contributed by atoms with Crippen LogP contribution in [-0.2, 0) is 52.3 Å². The van der Waals surface area contributed by atoms with Crippen LogP contribution >= 0.6 is 15.6 Å². The summed E-state index contributed by atoms with van der Waals surface area (Å²) < 4.78 is 41.4. The Labute approximate surface area is 105 Å². The number of hydrogen-bond acceptors (Lipinski definition) is 11. The van der Waals surface area contributed by atoms with Crippen molar-refractivity contribution in [2.24, 2.45) is 0 Å².